The van der Waals surface area contributed by atoms with Crippen molar-refractivity contribution in [3.63, 3.8) is 0 Å². The van der Waals surface area contributed by atoms with Crippen molar-refractivity contribution in [1.29, 1.82) is 0 Å². The van der Waals surface area contributed by atoms with Crippen LogP contribution in [0.3, 0.4) is 0 Å². The van der Waals surface area contributed by atoms with Crippen LogP contribution in [0.1, 0.15) is 75.1 Å². The van der Waals surface area contributed by atoms with Crippen molar-refractivity contribution in [3.8, 4) is 0 Å². The van der Waals surface area contributed by atoms with Crippen LogP contribution in [0.25, 0.3) is 0 Å². The number of carbonyl (C=O) groups excluding carboxylic acids is 1. The highest BCUT2D eigenvalue weighted by Gasteiger charge is 2.37. The summed E-state index contributed by atoms with van der Waals surface area (Å²) >= 11 is 0. The van der Waals surface area contributed by atoms with Gasteiger partial charge in [-0.3, -0.25) is 9.47 Å². The molecule has 2 heterocycles. The molecule has 0 aromatic carbocycles. The number of carbonyl (C=O) groups is 1. The van der Waals surface area contributed by atoms with Crippen LogP contribution >= 0.6 is 0 Å². The van der Waals surface area contributed by atoms with E-state index in [0.29, 0.717) is 24.3 Å². The maximum absolute atomic E-state index is 12.5. The molecular formula is C18H28N2O. The Morgan fingerprint density at radius 1 is 1.14 bits per heavy atom. The van der Waals surface area contributed by atoms with Gasteiger partial charge < -0.3 is 5.01 Å². The van der Waals surface area contributed by atoms with Gasteiger partial charge in [0.05, 0.1) is 5.69 Å². The number of nitrogens with zero attached hydrogens (tertiary/aromatic N) is 2. The van der Waals surface area contributed by atoms with Gasteiger partial charge in [-0.1, -0.05) is 13.8 Å². The second-order valence-electron chi connectivity index (χ2n) is 7.91. The van der Waals surface area contributed by atoms with E-state index in [9.17, 15) is 4.79 Å². The predicted molar refractivity (Wildman–Crippen MR) is 86.6 cm³/mol. The summed E-state index contributed by atoms with van der Waals surface area (Å²) < 4.78 is 2.38. The average molecular weight is 288 g/mol. The van der Waals surface area contributed by atoms with E-state index in [0.717, 1.165) is 12.0 Å². The van der Waals surface area contributed by atoms with Gasteiger partial charge in [0, 0.05) is 29.8 Å². The lowest BCUT2D eigenvalue weighted by Crippen LogP contribution is -2.52. The summed E-state index contributed by atoms with van der Waals surface area (Å²) in [6.07, 6.45) is 5.47. The molecule has 21 heavy (non-hydrogen) atoms. The van der Waals surface area contributed by atoms with Gasteiger partial charge in [0.2, 0.25) is 0 Å². The third-order valence-corrected chi connectivity index (χ3v) is 5.22. The van der Waals surface area contributed by atoms with Crippen LogP contribution in [0.15, 0.2) is 6.07 Å². The van der Waals surface area contributed by atoms with Gasteiger partial charge in [-0.05, 0) is 57.9 Å². The standard InChI is InChI=1S/C18H28N2O/c1-12-7-6-8-13(2)19(12)20-14(3)9-15-16(20)10-18(4,5)11-17(15)21/h9,12-13H,6-8,10-11H2,1-5H3. The summed E-state index contributed by atoms with van der Waals surface area (Å²) in [6.45, 7) is 11.2. The van der Waals surface area contributed by atoms with Crippen LogP contribution in [-0.2, 0) is 6.42 Å². The van der Waals surface area contributed by atoms with Crippen LogP contribution in [0.4, 0.5) is 0 Å². The Balaban J connectivity index is 2.10. The number of aryl methyl sites for hydroxylation is 1. The van der Waals surface area contributed by atoms with Crippen LogP contribution < -0.4 is 5.01 Å². The minimum absolute atomic E-state index is 0.0783. The van der Waals surface area contributed by atoms with Gasteiger partial charge >= 0.3 is 0 Å². The Morgan fingerprint density at radius 2 is 1.76 bits per heavy atom. The zero-order chi connectivity index (χ0) is 15.4. The molecule has 0 spiro atoms. The Morgan fingerprint density at radius 3 is 2.38 bits per heavy atom. The quantitative estimate of drug-likeness (QED) is 0.784. The van der Waals surface area contributed by atoms with E-state index in [-0.39, 0.29) is 5.41 Å². The molecule has 2 aliphatic rings. The van der Waals surface area contributed by atoms with E-state index in [2.05, 4.69) is 50.4 Å². The lowest BCUT2D eigenvalue weighted by Gasteiger charge is -2.44. The molecule has 3 heteroatoms. The Kier molecular flexibility index (Phi) is 3.42. The molecule has 0 amide bonds. The fourth-order valence-corrected chi connectivity index (χ4v) is 4.26. The number of aromatic nitrogens is 1. The fraction of sp³-hybridized carbons (Fsp3) is 0.722. The zero-order valence-corrected chi connectivity index (χ0v) is 14.1. The molecule has 0 radical (unpaired) electrons. The highest BCUT2D eigenvalue weighted by Crippen LogP contribution is 2.37. The van der Waals surface area contributed by atoms with Crippen molar-refractivity contribution in [2.75, 3.05) is 5.01 Å². The molecule has 0 bridgehead atoms. The maximum atomic E-state index is 12.5. The Hall–Kier alpha value is -1.25. The van der Waals surface area contributed by atoms with Gasteiger partial charge in [0.25, 0.3) is 0 Å². The van der Waals surface area contributed by atoms with E-state index in [1.165, 1.54) is 30.7 Å². The van der Waals surface area contributed by atoms with E-state index in [4.69, 9.17) is 0 Å². The average Bonchev–Trinajstić information content (AvgIpc) is 2.66. The van der Waals surface area contributed by atoms with E-state index in [1.807, 2.05) is 0 Å². The molecule has 2 atom stereocenters. The third kappa shape index (κ3) is 2.41. The van der Waals surface area contributed by atoms with Crippen molar-refractivity contribution in [3.05, 3.63) is 23.0 Å². The number of ketones is 1. The Bertz CT molecular complexity index is 560. The first kappa shape index (κ1) is 14.7. The van der Waals surface area contributed by atoms with Crippen LogP contribution in [0.2, 0.25) is 0 Å². The first-order valence-corrected chi connectivity index (χ1v) is 8.33. The first-order chi connectivity index (χ1) is 9.80. The second-order valence-corrected chi connectivity index (χ2v) is 7.91. The molecule has 1 aliphatic carbocycles. The molecule has 3 nitrogen and oxygen atoms in total. The van der Waals surface area contributed by atoms with Crippen molar-refractivity contribution >= 4 is 5.78 Å². The summed E-state index contributed by atoms with van der Waals surface area (Å²) in [7, 11) is 0. The van der Waals surface area contributed by atoms with Crippen molar-refractivity contribution in [2.24, 2.45) is 5.41 Å². The monoisotopic (exact) mass is 288 g/mol. The van der Waals surface area contributed by atoms with Crippen molar-refractivity contribution in [2.45, 2.75) is 78.8 Å². The molecule has 1 aliphatic heterocycles. The van der Waals surface area contributed by atoms with Gasteiger partial charge in [0.1, 0.15) is 0 Å². The number of rotatable bonds is 1. The molecule has 0 saturated carbocycles. The minimum atomic E-state index is 0.0783. The summed E-state index contributed by atoms with van der Waals surface area (Å²) in [4.78, 5) is 12.5. The number of fused-ring (bicyclic) bond motifs is 1. The van der Waals surface area contributed by atoms with E-state index >= 15 is 0 Å². The lowest BCUT2D eigenvalue weighted by atomic mass is 9.76. The molecule has 1 fully saturated rings. The lowest BCUT2D eigenvalue weighted by molar-refractivity contribution is 0.0909. The SMILES string of the molecule is Cc1cc2c(n1N1C(C)CCCC1C)CC(C)(C)CC2=O. The first-order valence-electron chi connectivity index (χ1n) is 8.33. The highest BCUT2D eigenvalue weighted by atomic mass is 16.1. The number of hydrogen-bond donors (Lipinski definition) is 0. The van der Waals surface area contributed by atoms with E-state index in [1.54, 1.807) is 0 Å². The number of piperidine rings is 1. The predicted octanol–water partition coefficient (Wildman–Crippen LogP) is 3.85. The normalized spacial score (nSPS) is 28.6. The van der Waals surface area contributed by atoms with Gasteiger partial charge in [-0.2, -0.15) is 0 Å². The van der Waals surface area contributed by atoms with Crippen LogP contribution in [0, 0.1) is 12.3 Å². The number of Topliss-reactive ketones (excluding diaryl/α,β-unsaturated/α-hetero) is 1. The molecular weight excluding hydrogens is 260 g/mol. The largest absolute Gasteiger partial charge is 0.307 e. The van der Waals surface area contributed by atoms with Gasteiger partial charge in [0.15, 0.2) is 5.78 Å². The molecule has 1 aromatic rings. The fourth-order valence-electron chi connectivity index (χ4n) is 4.26. The molecule has 1 aromatic heterocycles. The van der Waals surface area contributed by atoms with Crippen molar-refractivity contribution in [1.82, 2.24) is 4.68 Å². The second kappa shape index (κ2) is 4.89. The summed E-state index contributed by atoms with van der Waals surface area (Å²) in [6, 6.07) is 3.20. The zero-order valence-electron chi connectivity index (χ0n) is 14.1. The maximum Gasteiger partial charge on any atom is 0.165 e. The van der Waals surface area contributed by atoms with Crippen LogP contribution in [0.5, 0.6) is 0 Å². The molecule has 116 valence electrons. The van der Waals surface area contributed by atoms with Gasteiger partial charge in [-0.25, -0.2) is 0 Å². The van der Waals surface area contributed by atoms with Crippen LogP contribution in [-0.4, -0.2) is 22.5 Å². The molecule has 3 rings (SSSR count). The van der Waals surface area contributed by atoms with Gasteiger partial charge in [-0.15, -0.1) is 0 Å². The van der Waals surface area contributed by atoms with E-state index < -0.39 is 0 Å². The molecule has 0 N–H and O–H groups in total. The molecule has 1 saturated heterocycles. The summed E-state index contributed by atoms with van der Waals surface area (Å²) in [5.41, 5.74) is 3.51. The number of hydrogen-bond acceptors (Lipinski definition) is 2. The Labute approximate surface area is 128 Å². The minimum Gasteiger partial charge on any atom is -0.307 e. The van der Waals surface area contributed by atoms with Crippen molar-refractivity contribution < 1.29 is 4.79 Å². The molecule has 2 unspecified atom stereocenters. The smallest absolute Gasteiger partial charge is 0.165 e. The highest BCUT2D eigenvalue weighted by molar-refractivity contribution is 5.99. The third-order valence-electron chi connectivity index (χ3n) is 5.22. The topological polar surface area (TPSA) is 25.2 Å². The summed E-state index contributed by atoms with van der Waals surface area (Å²) in [5.74, 6) is 0.320. The summed E-state index contributed by atoms with van der Waals surface area (Å²) in [5, 5.41) is 2.52.